The van der Waals surface area contributed by atoms with Crippen LogP contribution in [0.25, 0.3) is 0 Å². The third kappa shape index (κ3) is 5.42. The number of unbranched alkanes of at least 4 members (excludes halogenated alkanes) is 1. The number of hydrogen-bond acceptors (Lipinski definition) is 5. The fourth-order valence-electron chi connectivity index (χ4n) is 1.86. The average Bonchev–Trinajstić information content (AvgIpc) is 2.44. The zero-order chi connectivity index (χ0) is 13.9. The maximum Gasteiger partial charge on any atom is 0.134 e. The van der Waals surface area contributed by atoms with Crippen molar-refractivity contribution in [2.45, 2.75) is 39.5 Å². The van der Waals surface area contributed by atoms with Crippen LogP contribution in [0.2, 0.25) is 0 Å². The van der Waals surface area contributed by atoms with Crippen LogP contribution in [0.15, 0.2) is 6.33 Å². The molecule has 0 radical (unpaired) electrons. The average molecular weight is 266 g/mol. The van der Waals surface area contributed by atoms with E-state index in [-0.39, 0.29) is 0 Å². The predicted octanol–water partition coefficient (Wildman–Crippen LogP) is 2.70. The number of hydrogen-bond donors (Lipinski definition) is 2. The lowest BCUT2D eigenvalue weighted by molar-refractivity contribution is 0.141. The van der Waals surface area contributed by atoms with Gasteiger partial charge in [-0.3, -0.25) is 0 Å². The Kier molecular flexibility index (Phi) is 7.89. The standard InChI is InChI=1S/C14H26N4O/c1-4-6-9-19-10-8-16-14-12(7-5-2)13(15-3)17-11-18-14/h11H,4-10H2,1-3H3,(H2,15,16,17,18). The van der Waals surface area contributed by atoms with E-state index in [2.05, 4.69) is 34.4 Å². The maximum absolute atomic E-state index is 5.53. The molecule has 0 aliphatic carbocycles. The van der Waals surface area contributed by atoms with E-state index < -0.39 is 0 Å². The van der Waals surface area contributed by atoms with E-state index in [9.17, 15) is 0 Å². The zero-order valence-electron chi connectivity index (χ0n) is 12.3. The van der Waals surface area contributed by atoms with Gasteiger partial charge in [-0.1, -0.05) is 26.7 Å². The summed E-state index contributed by atoms with van der Waals surface area (Å²) in [6, 6.07) is 0. The summed E-state index contributed by atoms with van der Waals surface area (Å²) >= 11 is 0. The molecule has 0 amide bonds. The summed E-state index contributed by atoms with van der Waals surface area (Å²) in [6.45, 7) is 6.65. The predicted molar refractivity (Wildman–Crippen MR) is 79.8 cm³/mol. The first kappa shape index (κ1) is 15.7. The van der Waals surface area contributed by atoms with Gasteiger partial charge in [-0.25, -0.2) is 9.97 Å². The van der Waals surface area contributed by atoms with Gasteiger partial charge in [-0.2, -0.15) is 0 Å². The molecule has 0 unspecified atom stereocenters. The van der Waals surface area contributed by atoms with Crippen molar-refractivity contribution in [3.8, 4) is 0 Å². The van der Waals surface area contributed by atoms with Gasteiger partial charge in [-0.05, 0) is 12.8 Å². The van der Waals surface area contributed by atoms with E-state index >= 15 is 0 Å². The van der Waals surface area contributed by atoms with Crippen molar-refractivity contribution in [2.24, 2.45) is 0 Å². The van der Waals surface area contributed by atoms with Crippen molar-refractivity contribution >= 4 is 11.6 Å². The normalized spacial score (nSPS) is 10.5. The lowest BCUT2D eigenvalue weighted by Crippen LogP contribution is -2.14. The molecule has 0 atom stereocenters. The summed E-state index contributed by atoms with van der Waals surface area (Å²) in [5, 5.41) is 6.45. The highest BCUT2D eigenvalue weighted by Crippen LogP contribution is 2.20. The molecule has 5 heteroatoms. The Bertz CT molecular complexity index is 357. The van der Waals surface area contributed by atoms with Crippen LogP contribution in [-0.2, 0) is 11.2 Å². The van der Waals surface area contributed by atoms with E-state index in [0.29, 0.717) is 6.61 Å². The molecule has 108 valence electrons. The smallest absolute Gasteiger partial charge is 0.134 e. The first-order chi connectivity index (χ1) is 9.33. The van der Waals surface area contributed by atoms with E-state index in [1.807, 2.05) is 7.05 Å². The molecule has 0 bridgehead atoms. The second-order valence-corrected chi connectivity index (χ2v) is 4.44. The topological polar surface area (TPSA) is 59.1 Å². The van der Waals surface area contributed by atoms with E-state index in [1.54, 1.807) is 6.33 Å². The molecule has 0 fully saturated rings. The maximum atomic E-state index is 5.53. The van der Waals surface area contributed by atoms with Crippen molar-refractivity contribution in [1.29, 1.82) is 0 Å². The Hall–Kier alpha value is -1.36. The quantitative estimate of drug-likeness (QED) is 0.638. The van der Waals surface area contributed by atoms with Crippen LogP contribution in [0.3, 0.4) is 0 Å². The first-order valence-electron chi connectivity index (χ1n) is 7.16. The van der Waals surface area contributed by atoms with E-state index in [1.165, 1.54) is 6.42 Å². The van der Waals surface area contributed by atoms with Crippen LogP contribution in [-0.4, -0.2) is 36.8 Å². The first-order valence-corrected chi connectivity index (χ1v) is 7.16. The molecule has 1 aromatic rings. The van der Waals surface area contributed by atoms with Crippen LogP contribution < -0.4 is 10.6 Å². The molecular weight excluding hydrogens is 240 g/mol. The van der Waals surface area contributed by atoms with Crippen molar-refractivity contribution in [3.63, 3.8) is 0 Å². The second kappa shape index (κ2) is 9.55. The molecule has 2 N–H and O–H groups in total. The zero-order valence-corrected chi connectivity index (χ0v) is 12.3. The molecular formula is C14H26N4O. The van der Waals surface area contributed by atoms with Gasteiger partial charge in [0.2, 0.25) is 0 Å². The third-order valence-electron chi connectivity index (χ3n) is 2.86. The number of anilines is 2. The highest BCUT2D eigenvalue weighted by molar-refractivity contribution is 5.57. The van der Waals surface area contributed by atoms with Crippen molar-refractivity contribution in [1.82, 2.24) is 9.97 Å². The lowest BCUT2D eigenvalue weighted by atomic mass is 10.1. The molecule has 0 aromatic carbocycles. The fourth-order valence-corrected chi connectivity index (χ4v) is 1.86. The second-order valence-electron chi connectivity index (χ2n) is 4.44. The van der Waals surface area contributed by atoms with Gasteiger partial charge in [0.25, 0.3) is 0 Å². The summed E-state index contributed by atoms with van der Waals surface area (Å²) in [7, 11) is 1.89. The minimum atomic E-state index is 0.713. The molecule has 0 saturated carbocycles. The summed E-state index contributed by atoms with van der Waals surface area (Å²) in [5.41, 5.74) is 1.15. The Balaban J connectivity index is 2.47. The molecule has 0 aliphatic heterocycles. The van der Waals surface area contributed by atoms with Gasteiger partial charge < -0.3 is 15.4 Å². The van der Waals surface area contributed by atoms with Crippen molar-refractivity contribution < 1.29 is 4.74 Å². The Labute approximate surface area is 116 Å². The van der Waals surface area contributed by atoms with Gasteiger partial charge in [0, 0.05) is 25.8 Å². The van der Waals surface area contributed by atoms with Crippen LogP contribution in [0.1, 0.15) is 38.7 Å². The number of ether oxygens (including phenoxy) is 1. The van der Waals surface area contributed by atoms with Crippen molar-refractivity contribution in [3.05, 3.63) is 11.9 Å². The van der Waals surface area contributed by atoms with Crippen LogP contribution in [0.5, 0.6) is 0 Å². The number of aromatic nitrogens is 2. The summed E-state index contributed by atoms with van der Waals surface area (Å²) in [4.78, 5) is 8.57. The molecule has 1 rings (SSSR count). The summed E-state index contributed by atoms with van der Waals surface area (Å²) in [6.07, 6.45) is 5.93. The summed E-state index contributed by atoms with van der Waals surface area (Å²) in [5.74, 6) is 1.83. The molecule has 0 spiro atoms. The Morgan fingerprint density at radius 2 is 1.89 bits per heavy atom. The van der Waals surface area contributed by atoms with E-state index in [0.717, 1.165) is 49.6 Å². The Morgan fingerprint density at radius 3 is 2.58 bits per heavy atom. The van der Waals surface area contributed by atoms with Gasteiger partial charge in [0.15, 0.2) is 0 Å². The van der Waals surface area contributed by atoms with Crippen LogP contribution in [0.4, 0.5) is 11.6 Å². The van der Waals surface area contributed by atoms with Crippen molar-refractivity contribution in [2.75, 3.05) is 37.4 Å². The monoisotopic (exact) mass is 266 g/mol. The highest BCUT2D eigenvalue weighted by atomic mass is 16.5. The Morgan fingerprint density at radius 1 is 1.11 bits per heavy atom. The largest absolute Gasteiger partial charge is 0.380 e. The lowest BCUT2D eigenvalue weighted by Gasteiger charge is -2.13. The molecule has 19 heavy (non-hydrogen) atoms. The molecule has 1 heterocycles. The molecule has 5 nitrogen and oxygen atoms in total. The SMILES string of the molecule is CCCCOCCNc1ncnc(NC)c1CCC. The molecule has 0 saturated heterocycles. The fraction of sp³-hybridized carbons (Fsp3) is 0.714. The van der Waals surface area contributed by atoms with Gasteiger partial charge >= 0.3 is 0 Å². The van der Waals surface area contributed by atoms with Crippen LogP contribution >= 0.6 is 0 Å². The minimum absolute atomic E-state index is 0.713. The molecule has 0 aliphatic rings. The van der Waals surface area contributed by atoms with Gasteiger partial charge in [0.05, 0.1) is 6.61 Å². The summed E-state index contributed by atoms with van der Waals surface area (Å²) < 4.78 is 5.53. The van der Waals surface area contributed by atoms with E-state index in [4.69, 9.17) is 4.74 Å². The van der Waals surface area contributed by atoms with Gasteiger partial charge in [-0.15, -0.1) is 0 Å². The number of nitrogens with one attached hydrogen (secondary N) is 2. The third-order valence-corrected chi connectivity index (χ3v) is 2.86. The number of nitrogens with zero attached hydrogens (tertiary/aromatic N) is 2. The van der Waals surface area contributed by atoms with Crippen LogP contribution in [0, 0.1) is 0 Å². The number of rotatable bonds is 10. The minimum Gasteiger partial charge on any atom is -0.380 e. The van der Waals surface area contributed by atoms with Gasteiger partial charge in [0.1, 0.15) is 18.0 Å². The molecule has 1 aromatic heterocycles. The highest BCUT2D eigenvalue weighted by Gasteiger charge is 2.08.